The van der Waals surface area contributed by atoms with Gasteiger partial charge in [0.15, 0.2) is 0 Å². The van der Waals surface area contributed by atoms with E-state index >= 15 is 0 Å². The van der Waals surface area contributed by atoms with Gasteiger partial charge < -0.3 is 20.1 Å². The Morgan fingerprint density at radius 1 is 1.14 bits per heavy atom. The number of hydrogen-bond donors (Lipinski definition) is 3. The molecule has 0 spiro atoms. The van der Waals surface area contributed by atoms with Crippen molar-refractivity contribution in [2.24, 2.45) is 0 Å². The summed E-state index contributed by atoms with van der Waals surface area (Å²) in [6, 6.07) is -0.315. The molecule has 0 saturated heterocycles. The fourth-order valence-corrected chi connectivity index (χ4v) is 1.88. The monoisotopic (exact) mass is 317 g/mol. The van der Waals surface area contributed by atoms with Gasteiger partial charge in [0.1, 0.15) is 11.6 Å². The predicted molar refractivity (Wildman–Crippen MR) is 89.9 cm³/mol. The molecule has 1 atom stereocenters. The maximum Gasteiger partial charge on any atom is 0.323 e. The molecular formula is C16H35N3O3. The minimum atomic E-state index is -0.464. The molecule has 22 heavy (non-hydrogen) atoms. The average Bonchev–Trinajstić information content (AvgIpc) is 2.42. The largest absolute Gasteiger partial charge is 0.459 e. The minimum absolute atomic E-state index is 0.206. The number of esters is 1. The lowest BCUT2D eigenvalue weighted by atomic mass is 10.1. The van der Waals surface area contributed by atoms with Crippen LogP contribution in [0.3, 0.4) is 0 Å². The Balaban J connectivity index is 4.04. The van der Waals surface area contributed by atoms with Crippen molar-refractivity contribution in [3.8, 4) is 0 Å². The van der Waals surface area contributed by atoms with Gasteiger partial charge in [-0.2, -0.15) is 0 Å². The molecule has 6 nitrogen and oxygen atoms in total. The number of ether oxygens (including phenoxy) is 2. The Morgan fingerprint density at radius 3 is 2.41 bits per heavy atom. The summed E-state index contributed by atoms with van der Waals surface area (Å²) in [6.45, 7) is 11.5. The van der Waals surface area contributed by atoms with E-state index in [9.17, 15) is 4.79 Å². The molecule has 0 aliphatic carbocycles. The fraction of sp³-hybridized carbons (Fsp3) is 0.938. The van der Waals surface area contributed by atoms with Crippen LogP contribution >= 0.6 is 0 Å². The third kappa shape index (κ3) is 13.0. The van der Waals surface area contributed by atoms with Crippen LogP contribution < -0.4 is 16.0 Å². The number of carbonyl (C=O) groups excluding carboxylic acids is 1. The summed E-state index contributed by atoms with van der Waals surface area (Å²) in [5, 5.41) is 9.62. The molecule has 3 N–H and O–H groups in total. The van der Waals surface area contributed by atoms with Crippen LogP contribution in [0.5, 0.6) is 0 Å². The molecule has 1 unspecified atom stereocenters. The highest BCUT2D eigenvalue weighted by Gasteiger charge is 2.24. The highest BCUT2D eigenvalue weighted by molar-refractivity contribution is 5.76. The molecule has 0 aliphatic rings. The van der Waals surface area contributed by atoms with Crippen molar-refractivity contribution in [1.29, 1.82) is 0 Å². The smallest absolute Gasteiger partial charge is 0.323 e. The summed E-state index contributed by atoms with van der Waals surface area (Å²) in [5.41, 5.74) is -0.464. The van der Waals surface area contributed by atoms with Crippen LogP contribution in [0.4, 0.5) is 0 Å². The van der Waals surface area contributed by atoms with Gasteiger partial charge in [-0.1, -0.05) is 0 Å². The molecule has 0 aromatic carbocycles. The van der Waals surface area contributed by atoms with E-state index in [-0.39, 0.29) is 12.0 Å². The third-order valence-corrected chi connectivity index (χ3v) is 2.95. The first kappa shape index (κ1) is 21.3. The summed E-state index contributed by atoms with van der Waals surface area (Å²) in [6.07, 6.45) is 2.76. The summed E-state index contributed by atoms with van der Waals surface area (Å²) in [4.78, 5) is 12.2. The van der Waals surface area contributed by atoms with Crippen molar-refractivity contribution < 1.29 is 14.3 Å². The van der Waals surface area contributed by atoms with Gasteiger partial charge in [0.2, 0.25) is 0 Å². The second kappa shape index (κ2) is 12.8. The van der Waals surface area contributed by atoms with E-state index in [1.807, 2.05) is 34.7 Å². The predicted octanol–water partition coefficient (Wildman–Crippen LogP) is 1.26. The lowest BCUT2D eigenvalue weighted by Gasteiger charge is -2.24. The normalized spacial score (nSPS) is 13.1. The van der Waals surface area contributed by atoms with Crippen LogP contribution in [-0.2, 0) is 14.3 Å². The van der Waals surface area contributed by atoms with Crippen LogP contribution in [0.1, 0.15) is 47.0 Å². The minimum Gasteiger partial charge on any atom is -0.459 e. The number of carbonyl (C=O) groups is 1. The van der Waals surface area contributed by atoms with Crippen LogP contribution in [-0.4, -0.2) is 57.6 Å². The molecule has 0 aromatic heterocycles. The van der Waals surface area contributed by atoms with Gasteiger partial charge in [0.25, 0.3) is 0 Å². The molecule has 0 amide bonds. The van der Waals surface area contributed by atoms with Gasteiger partial charge in [0, 0.05) is 6.61 Å². The average molecular weight is 317 g/mol. The van der Waals surface area contributed by atoms with E-state index in [0.29, 0.717) is 13.3 Å². The maximum absolute atomic E-state index is 12.2. The van der Waals surface area contributed by atoms with Gasteiger partial charge in [-0.3, -0.25) is 10.1 Å². The van der Waals surface area contributed by atoms with Crippen LogP contribution in [0.25, 0.3) is 0 Å². The quantitative estimate of drug-likeness (QED) is 0.270. The van der Waals surface area contributed by atoms with Crippen LogP contribution in [0.15, 0.2) is 0 Å². The molecule has 0 radical (unpaired) electrons. The van der Waals surface area contributed by atoms with E-state index in [2.05, 4.69) is 16.0 Å². The summed E-state index contributed by atoms with van der Waals surface area (Å²) in [5.74, 6) is -0.206. The summed E-state index contributed by atoms with van der Waals surface area (Å²) >= 11 is 0. The van der Waals surface area contributed by atoms with Crippen LogP contribution in [0.2, 0.25) is 0 Å². The molecule has 0 rings (SSSR count). The molecule has 0 aliphatic heterocycles. The van der Waals surface area contributed by atoms with Gasteiger partial charge in [-0.15, -0.1) is 0 Å². The first-order chi connectivity index (χ1) is 10.4. The van der Waals surface area contributed by atoms with Crippen LogP contribution in [0, 0.1) is 0 Å². The molecular weight excluding hydrogens is 282 g/mol. The third-order valence-electron chi connectivity index (χ3n) is 2.95. The fourth-order valence-electron chi connectivity index (χ4n) is 1.88. The van der Waals surface area contributed by atoms with Crippen molar-refractivity contribution in [2.75, 3.05) is 40.0 Å². The van der Waals surface area contributed by atoms with Crippen molar-refractivity contribution in [3.63, 3.8) is 0 Å². The Hall–Kier alpha value is -0.690. The Kier molecular flexibility index (Phi) is 12.4. The van der Waals surface area contributed by atoms with Gasteiger partial charge in [0.05, 0.1) is 6.73 Å². The molecule has 0 bridgehead atoms. The van der Waals surface area contributed by atoms with Crippen molar-refractivity contribution in [2.45, 2.75) is 58.6 Å². The lowest BCUT2D eigenvalue weighted by molar-refractivity contribution is -0.158. The van der Waals surface area contributed by atoms with Gasteiger partial charge in [-0.25, -0.2) is 0 Å². The lowest BCUT2D eigenvalue weighted by Crippen LogP contribution is -2.42. The van der Waals surface area contributed by atoms with E-state index in [1.165, 1.54) is 0 Å². The zero-order valence-corrected chi connectivity index (χ0v) is 15.0. The number of rotatable bonds is 13. The topological polar surface area (TPSA) is 71.6 Å². The molecule has 132 valence electrons. The molecule has 6 heteroatoms. The van der Waals surface area contributed by atoms with Crippen molar-refractivity contribution >= 4 is 5.97 Å². The van der Waals surface area contributed by atoms with Gasteiger partial charge in [-0.05, 0) is 73.6 Å². The summed E-state index contributed by atoms with van der Waals surface area (Å²) in [7, 11) is 1.95. The Bertz CT molecular complexity index is 280. The highest BCUT2D eigenvalue weighted by Crippen LogP contribution is 2.10. The van der Waals surface area contributed by atoms with E-state index in [1.54, 1.807) is 0 Å². The zero-order valence-electron chi connectivity index (χ0n) is 15.0. The molecule has 0 heterocycles. The first-order valence-electron chi connectivity index (χ1n) is 8.30. The standard InChI is InChI=1S/C16H35N3O3/c1-6-21-13-19-14(15(20)22-16(2,3)4)9-7-11-18-12-8-10-17-5/h14,17-19H,6-13H2,1-5H3. The second-order valence-electron chi connectivity index (χ2n) is 6.28. The van der Waals surface area contributed by atoms with E-state index in [4.69, 9.17) is 9.47 Å². The van der Waals surface area contributed by atoms with E-state index in [0.717, 1.165) is 38.9 Å². The van der Waals surface area contributed by atoms with Gasteiger partial charge >= 0.3 is 5.97 Å². The molecule has 0 fully saturated rings. The summed E-state index contributed by atoms with van der Waals surface area (Å²) < 4.78 is 10.7. The van der Waals surface area contributed by atoms with Crippen molar-refractivity contribution in [1.82, 2.24) is 16.0 Å². The Labute approximate surface area is 135 Å². The number of hydrogen-bond acceptors (Lipinski definition) is 6. The second-order valence-corrected chi connectivity index (χ2v) is 6.28. The van der Waals surface area contributed by atoms with E-state index < -0.39 is 5.60 Å². The molecule has 0 saturated carbocycles. The highest BCUT2D eigenvalue weighted by atomic mass is 16.6. The Morgan fingerprint density at radius 2 is 1.82 bits per heavy atom. The first-order valence-corrected chi connectivity index (χ1v) is 8.30. The number of nitrogens with one attached hydrogen (secondary N) is 3. The van der Waals surface area contributed by atoms with Crippen molar-refractivity contribution in [3.05, 3.63) is 0 Å². The SMILES string of the molecule is CCOCNC(CCCNCCCNC)C(=O)OC(C)(C)C. The maximum atomic E-state index is 12.2. The zero-order chi connectivity index (χ0) is 16.8. The molecule has 0 aromatic rings.